The minimum Gasteiger partial charge on any atom is -0.352 e. The van der Waals surface area contributed by atoms with Gasteiger partial charge in [0.25, 0.3) is 10.0 Å². The minimum atomic E-state index is -4.34. The van der Waals surface area contributed by atoms with E-state index < -0.39 is 34.3 Å². The molecule has 5 rings (SSSR count). The van der Waals surface area contributed by atoms with Gasteiger partial charge < -0.3 is 10.2 Å². The Morgan fingerprint density at radius 3 is 2.17 bits per heavy atom. The summed E-state index contributed by atoms with van der Waals surface area (Å²) in [6.45, 7) is 1.21. The zero-order chi connectivity index (χ0) is 33.6. The Labute approximate surface area is 285 Å². The SMILES string of the molecule is Cc1ccc(N(CC(=O)N(Cc2ccc(Cl)c(Cl)c2)[C@H](Cc2ccccc2)C(=O)NC2CCCC2)S(=O)(=O)c2ccc(F)cc2)cc1. The molecule has 0 saturated heterocycles. The molecule has 47 heavy (non-hydrogen) atoms. The average molecular weight is 697 g/mol. The molecule has 1 N–H and O–H groups in total. The lowest BCUT2D eigenvalue weighted by Crippen LogP contribution is -2.54. The summed E-state index contributed by atoms with van der Waals surface area (Å²) in [6.07, 6.45) is 3.91. The van der Waals surface area contributed by atoms with E-state index in [9.17, 15) is 22.4 Å². The Morgan fingerprint density at radius 1 is 0.872 bits per heavy atom. The number of nitrogens with zero attached hydrogens (tertiary/aromatic N) is 2. The average Bonchev–Trinajstić information content (AvgIpc) is 3.57. The molecular weight excluding hydrogens is 660 g/mol. The number of anilines is 1. The number of carbonyl (C=O) groups excluding carboxylic acids is 2. The van der Waals surface area contributed by atoms with Crippen LogP contribution in [0.4, 0.5) is 10.1 Å². The van der Waals surface area contributed by atoms with Crippen molar-refractivity contribution in [1.29, 1.82) is 0 Å². The first kappa shape index (κ1) is 34.4. The van der Waals surface area contributed by atoms with Crippen molar-refractivity contribution in [3.63, 3.8) is 0 Å². The highest BCUT2D eigenvalue weighted by Gasteiger charge is 2.35. The van der Waals surface area contributed by atoms with Crippen LogP contribution < -0.4 is 9.62 Å². The third kappa shape index (κ3) is 8.71. The van der Waals surface area contributed by atoms with Gasteiger partial charge in [-0.05, 0) is 79.4 Å². The van der Waals surface area contributed by atoms with E-state index in [2.05, 4.69) is 5.32 Å². The van der Waals surface area contributed by atoms with Crippen LogP contribution in [-0.4, -0.2) is 43.8 Å². The first-order valence-electron chi connectivity index (χ1n) is 15.4. The Hall–Kier alpha value is -3.92. The van der Waals surface area contributed by atoms with Crippen LogP contribution in [0.25, 0.3) is 0 Å². The summed E-state index contributed by atoms with van der Waals surface area (Å²) in [6, 6.07) is 24.5. The molecule has 2 amide bonds. The number of hydrogen-bond donors (Lipinski definition) is 1. The lowest BCUT2D eigenvalue weighted by Gasteiger charge is -2.34. The molecular formula is C36H36Cl2FN3O4S. The highest BCUT2D eigenvalue weighted by atomic mass is 35.5. The van der Waals surface area contributed by atoms with Gasteiger partial charge in [0.05, 0.1) is 20.6 Å². The van der Waals surface area contributed by atoms with Crippen LogP contribution in [0.1, 0.15) is 42.4 Å². The first-order valence-corrected chi connectivity index (χ1v) is 17.6. The molecule has 246 valence electrons. The molecule has 0 aliphatic heterocycles. The van der Waals surface area contributed by atoms with E-state index in [4.69, 9.17) is 23.2 Å². The Bertz CT molecular complexity index is 1800. The third-order valence-electron chi connectivity index (χ3n) is 8.31. The standard InChI is InChI=1S/C36H36Cl2FN3O4S/c1-25-11-16-30(17-12-25)42(47(45,46)31-18-14-28(39)15-19-31)24-35(43)41(23-27-13-20-32(37)33(38)21-27)34(22-26-7-3-2-4-8-26)36(44)40-29-9-5-6-10-29/h2-4,7-8,11-21,29,34H,5-6,9-10,22-24H2,1H3,(H,40,44)/t34-/m1/s1. The van der Waals surface area contributed by atoms with Crippen molar-refractivity contribution >= 4 is 50.7 Å². The van der Waals surface area contributed by atoms with E-state index in [-0.39, 0.29) is 40.5 Å². The summed E-state index contributed by atoms with van der Waals surface area (Å²) >= 11 is 12.5. The van der Waals surface area contributed by atoms with E-state index in [0.717, 1.165) is 65.4 Å². The Balaban J connectivity index is 1.57. The maximum atomic E-state index is 14.6. The number of halogens is 3. The largest absolute Gasteiger partial charge is 0.352 e. The Kier molecular flexibility index (Phi) is 11.2. The molecule has 0 bridgehead atoms. The summed E-state index contributed by atoms with van der Waals surface area (Å²) < 4.78 is 42.9. The lowest BCUT2D eigenvalue weighted by molar-refractivity contribution is -0.140. The number of sulfonamides is 1. The van der Waals surface area contributed by atoms with Gasteiger partial charge in [0.15, 0.2) is 0 Å². The van der Waals surface area contributed by atoms with Gasteiger partial charge in [0.2, 0.25) is 11.8 Å². The van der Waals surface area contributed by atoms with Crippen molar-refractivity contribution in [3.8, 4) is 0 Å². The molecule has 1 fully saturated rings. The highest BCUT2D eigenvalue weighted by molar-refractivity contribution is 7.92. The number of nitrogens with one attached hydrogen (secondary N) is 1. The van der Waals surface area contributed by atoms with E-state index in [1.807, 2.05) is 37.3 Å². The minimum absolute atomic E-state index is 0.00869. The second-order valence-corrected chi connectivity index (χ2v) is 14.4. The molecule has 0 heterocycles. The summed E-state index contributed by atoms with van der Waals surface area (Å²) in [7, 11) is -4.34. The molecule has 0 unspecified atom stereocenters. The predicted octanol–water partition coefficient (Wildman–Crippen LogP) is 7.34. The molecule has 1 atom stereocenters. The summed E-state index contributed by atoms with van der Waals surface area (Å²) in [4.78, 5) is 29.9. The number of rotatable bonds is 12. The van der Waals surface area contributed by atoms with Crippen LogP contribution in [0.2, 0.25) is 10.0 Å². The summed E-state index contributed by atoms with van der Waals surface area (Å²) in [5.74, 6) is -1.52. The smallest absolute Gasteiger partial charge is 0.264 e. The molecule has 7 nitrogen and oxygen atoms in total. The fourth-order valence-electron chi connectivity index (χ4n) is 5.73. The predicted molar refractivity (Wildman–Crippen MR) is 183 cm³/mol. The summed E-state index contributed by atoms with van der Waals surface area (Å²) in [5, 5.41) is 3.77. The van der Waals surface area contributed by atoms with Crippen LogP contribution >= 0.6 is 23.2 Å². The van der Waals surface area contributed by atoms with Crippen molar-refractivity contribution in [2.24, 2.45) is 0 Å². The highest BCUT2D eigenvalue weighted by Crippen LogP contribution is 2.28. The molecule has 0 spiro atoms. The van der Waals surface area contributed by atoms with E-state index in [0.29, 0.717) is 10.6 Å². The number of benzene rings is 4. The first-order chi connectivity index (χ1) is 22.5. The second kappa shape index (κ2) is 15.3. The van der Waals surface area contributed by atoms with Crippen molar-refractivity contribution in [3.05, 3.63) is 130 Å². The van der Waals surface area contributed by atoms with Crippen molar-refractivity contribution in [2.45, 2.75) is 62.6 Å². The normalized spacial score (nSPS) is 14.0. The van der Waals surface area contributed by atoms with Crippen molar-refractivity contribution in [2.75, 3.05) is 10.8 Å². The van der Waals surface area contributed by atoms with Gasteiger partial charge >= 0.3 is 0 Å². The fraction of sp³-hybridized carbons (Fsp3) is 0.278. The molecule has 4 aromatic carbocycles. The van der Waals surface area contributed by atoms with E-state index >= 15 is 0 Å². The van der Waals surface area contributed by atoms with Crippen LogP contribution in [0.15, 0.2) is 102 Å². The monoisotopic (exact) mass is 695 g/mol. The fourth-order valence-corrected chi connectivity index (χ4v) is 7.46. The van der Waals surface area contributed by atoms with Gasteiger partial charge in [-0.2, -0.15) is 0 Å². The van der Waals surface area contributed by atoms with Gasteiger partial charge in [0, 0.05) is 19.0 Å². The topological polar surface area (TPSA) is 86.8 Å². The van der Waals surface area contributed by atoms with Gasteiger partial charge in [-0.15, -0.1) is 0 Å². The third-order valence-corrected chi connectivity index (χ3v) is 10.8. The zero-order valence-electron chi connectivity index (χ0n) is 25.9. The van der Waals surface area contributed by atoms with E-state index in [1.165, 1.54) is 4.90 Å². The number of hydrogen-bond acceptors (Lipinski definition) is 4. The lowest BCUT2D eigenvalue weighted by atomic mass is 10.0. The molecule has 11 heteroatoms. The van der Waals surface area contributed by atoms with E-state index in [1.54, 1.807) is 42.5 Å². The number of aryl methyl sites for hydroxylation is 1. The maximum Gasteiger partial charge on any atom is 0.264 e. The molecule has 0 radical (unpaired) electrons. The molecule has 1 aliphatic rings. The Morgan fingerprint density at radius 2 is 1.53 bits per heavy atom. The maximum absolute atomic E-state index is 14.6. The van der Waals surface area contributed by atoms with Crippen LogP contribution in [0.5, 0.6) is 0 Å². The van der Waals surface area contributed by atoms with Crippen molar-refractivity contribution in [1.82, 2.24) is 10.2 Å². The van der Waals surface area contributed by atoms with Crippen LogP contribution in [0.3, 0.4) is 0 Å². The zero-order valence-corrected chi connectivity index (χ0v) is 28.2. The van der Waals surface area contributed by atoms with Gasteiger partial charge in [0.1, 0.15) is 18.4 Å². The van der Waals surface area contributed by atoms with Crippen LogP contribution in [-0.2, 0) is 32.6 Å². The van der Waals surface area contributed by atoms with Gasteiger partial charge in [-0.25, -0.2) is 12.8 Å². The van der Waals surface area contributed by atoms with Crippen LogP contribution in [0, 0.1) is 12.7 Å². The molecule has 4 aromatic rings. The van der Waals surface area contributed by atoms with Gasteiger partial charge in [-0.3, -0.25) is 13.9 Å². The number of carbonyl (C=O) groups is 2. The molecule has 1 saturated carbocycles. The van der Waals surface area contributed by atoms with Crippen molar-refractivity contribution < 1.29 is 22.4 Å². The van der Waals surface area contributed by atoms with Gasteiger partial charge in [-0.1, -0.05) is 90.1 Å². The molecule has 0 aromatic heterocycles. The second-order valence-electron chi connectivity index (χ2n) is 11.8. The molecule has 1 aliphatic carbocycles. The quantitative estimate of drug-likeness (QED) is 0.168. The number of amides is 2. The summed E-state index contributed by atoms with van der Waals surface area (Å²) in [5.41, 5.74) is 2.59.